The molecule has 0 aliphatic carbocycles. The summed E-state index contributed by atoms with van der Waals surface area (Å²) in [6, 6.07) is 26.6. The monoisotopic (exact) mass is 445 g/mol. The molecule has 1 aliphatic rings. The number of carbonyl (C=O) groups excluding carboxylic acids is 1. The second-order valence-corrected chi connectivity index (χ2v) is 8.42. The summed E-state index contributed by atoms with van der Waals surface area (Å²) >= 11 is 0. The van der Waals surface area contributed by atoms with Crippen LogP contribution >= 0.6 is 0 Å². The maximum Gasteiger partial charge on any atom is 0.274 e. The number of aromatic nitrogens is 3. The van der Waals surface area contributed by atoms with E-state index in [0.717, 1.165) is 39.0 Å². The third kappa shape index (κ3) is 3.75. The minimum atomic E-state index is -0.0631. The third-order valence-corrected chi connectivity index (χ3v) is 6.18. The van der Waals surface area contributed by atoms with Crippen molar-refractivity contribution < 1.29 is 4.79 Å². The van der Waals surface area contributed by atoms with E-state index in [0.29, 0.717) is 18.8 Å². The number of H-pyrrole nitrogens is 2. The zero-order valence-electron chi connectivity index (χ0n) is 18.5. The van der Waals surface area contributed by atoms with Gasteiger partial charge in [-0.1, -0.05) is 54.6 Å². The van der Waals surface area contributed by atoms with Gasteiger partial charge in [0.2, 0.25) is 0 Å². The van der Waals surface area contributed by atoms with Crippen LogP contribution in [0.3, 0.4) is 0 Å². The number of hydrogen-bond acceptors (Lipinski definition) is 3. The van der Waals surface area contributed by atoms with E-state index in [1.165, 1.54) is 0 Å². The fraction of sp³-hybridized carbons (Fsp3) is 0.0714. The Morgan fingerprint density at radius 2 is 1.76 bits per heavy atom. The molecule has 0 bridgehead atoms. The Bertz CT molecular complexity index is 1450. The van der Waals surface area contributed by atoms with Crippen LogP contribution in [0, 0.1) is 0 Å². The fourth-order valence-electron chi connectivity index (χ4n) is 4.46. The third-order valence-electron chi connectivity index (χ3n) is 6.18. The van der Waals surface area contributed by atoms with Crippen LogP contribution in [-0.2, 0) is 13.1 Å². The van der Waals surface area contributed by atoms with Crippen molar-refractivity contribution in [2.24, 2.45) is 0 Å². The molecule has 0 fully saturated rings. The number of benzene rings is 3. The van der Waals surface area contributed by atoms with E-state index < -0.39 is 0 Å². The molecule has 166 valence electrons. The van der Waals surface area contributed by atoms with E-state index in [1.807, 2.05) is 67.1 Å². The van der Waals surface area contributed by atoms with Crippen molar-refractivity contribution >= 4 is 22.5 Å². The first kappa shape index (κ1) is 20.1. The van der Waals surface area contributed by atoms with E-state index >= 15 is 0 Å². The van der Waals surface area contributed by atoms with Crippen molar-refractivity contribution in [2.45, 2.75) is 13.1 Å². The Morgan fingerprint density at radius 1 is 0.912 bits per heavy atom. The van der Waals surface area contributed by atoms with Gasteiger partial charge in [0.05, 0.1) is 25.1 Å². The number of fused-ring (bicyclic) bond motifs is 2. The molecule has 6 nitrogen and oxygen atoms in total. The van der Waals surface area contributed by atoms with E-state index in [2.05, 4.69) is 50.2 Å². The predicted molar refractivity (Wildman–Crippen MR) is 134 cm³/mol. The molecule has 0 unspecified atom stereocenters. The number of amides is 1. The number of para-hydroxylation sites is 1. The molecule has 3 heterocycles. The molecule has 0 saturated carbocycles. The summed E-state index contributed by atoms with van der Waals surface area (Å²) in [6.07, 6.45) is 7.34. The molecule has 6 rings (SSSR count). The molecule has 34 heavy (non-hydrogen) atoms. The largest absolute Gasteiger partial charge is 0.351 e. The maximum atomic E-state index is 13.5. The zero-order chi connectivity index (χ0) is 22.9. The molecule has 1 amide bonds. The minimum absolute atomic E-state index is 0.0631. The highest BCUT2D eigenvalue weighted by atomic mass is 16.2. The molecule has 1 aliphatic heterocycles. The first-order valence-corrected chi connectivity index (χ1v) is 11.2. The smallest absolute Gasteiger partial charge is 0.274 e. The number of rotatable bonds is 4. The summed E-state index contributed by atoms with van der Waals surface area (Å²) in [5, 5.41) is 1.03. The van der Waals surface area contributed by atoms with Crippen molar-refractivity contribution in [3.63, 3.8) is 0 Å². The quantitative estimate of drug-likeness (QED) is 0.373. The molecular formula is C28H23N5O. The van der Waals surface area contributed by atoms with Crippen LogP contribution in [0.2, 0.25) is 0 Å². The Labute approximate surface area is 197 Å². The highest BCUT2D eigenvalue weighted by Crippen LogP contribution is 2.32. The molecule has 5 aromatic rings. The molecule has 0 atom stereocenters. The average Bonchev–Trinajstić information content (AvgIpc) is 3.52. The van der Waals surface area contributed by atoms with E-state index in [-0.39, 0.29) is 5.91 Å². The fourth-order valence-corrected chi connectivity index (χ4v) is 4.46. The minimum Gasteiger partial charge on any atom is -0.351 e. The normalized spacial score (nSPS) is 13.2. The SMILES string of the molecule is O=C(c1cc2ccccc2[nH]1)N1C=CN(Cc2cnc[nH]2)c2ccc(-c3ccccc3)cc2C1. The van der Waals surface area contributed by atoms with Gasteiger partial charge in [-0.05, 0) is 41.0 Å². The second-order valence-electron chi connectivity index (χ2n) is 8.42. The highest BCUT2D eigenvalue weighted by Gasteiger charge is 2.22. The molecule has 6 heteroatoms. The Kier molecular flexibility index (Phi) is 4.96. The van der Waals surface area contributed by atoms with Gasteiger partial charge in [0.25, 0.3) is 5.91 Å². The number of anilines is 1. The Morgan fingerprint density at radius 3 is 2.59 bits per heavy atom. The van der Waals surface area contributed by atoms with Gasteiger partial charge in [-0.2, -0.15) is 0 Å². The van der Waals surface area contributed by atoms with Gasteiger partial charge < -0.3 is 19.8 Å². The lowest BCUT2D eigenvalue weighted by molar-refractivity contribution is 0.0809. The van der Waals surface area contributed by atoms with Crippen molar-refractivity contribution in [2.75, 3.05) is 4.90 Å². The summed E-state index contributed by atoms with van der Waals surface area (Å²) in [7, 11) is 0. The van der Waals surface area contributed by atoms with Gasteiger partial charge in [0, 0.05) is 35.2 Å². The number of nitrogens with zero attached hydrogens (tertiary/aromatic N) is 3. The molecule has 2 aromatic heterocycles. The number of imidazole rings is 1. The number of aromatic amines is 2. The molecular weight excluding hydrogens is 422 g/mol. The van der Waals surface area contributed by atoms with E-state index in [9.17, 15) is 4.79 Å². The summed E-state index contributed by atoms with van der Waals surface area (Å²) in [5.74, 6) is -0.0631. The topological polar surface area (TPSA) is 68.0 Å². The molecule has 0 saturated heterocycles. The summed E-state index contributed by atoms with van der Waals surface area (Å²) in [4.78, 5) is 28.0. The van der Waals surface area contributed by atoms with Gasteiger partial charge in [-0.3, -0.25) is 4.79 Å². The van der Waals surface area contributed by atoms with Crippen LogP contribution in [0.5, 0.6) is 0 Å². The standard InChI is InChI=1S/C28H23N5O/c34-28(26-15-22-8-4-5-9-25(22)31-26)33-13-12-32(18-24-16-29-19-30-24)27-11-10-21(14-23(27)17-33)20-6-2-1-3-7-20/h1-16,19,31H,17-18H2,(H,29,30). The average molecular weight is 446 g/mol. The lowest BCUT2D eigenvalue weighted by atomic mass is 10.0. The molecule has 2 N–H and O–H groups in total. The van der Waals surface area contributed by atoms with Crippen molar-refractivity contribution in [1.82, 2.24) is 19.9 Å². The van der Waals surface area contributed by atoms with Crippen LogP contribution in [0.1, 0.15) is 21.7 Å². The zero-order valence-corrected chi connectivity index (χ0v) is 18.5. The Balaban J connectivity index is 1.39. The van der Waals surface area contributed by atoms with Gasteiger partial charge in [0.1, 0.15) is 5.69 Å². The predicted octanol–water partition coefficient (Wildman–Crippen LogP) is 5.69. The van der Waals surface area contributed by atoms with E-state index in [1.54, 1.807) is 11.2 Å². The van der Waals surface area contributed by atoms with Crippen LogP contribution in [0.15, 0.2) is 104 Å². The first-order chi connectivity index (χ1) is 16.7. The summed E-state index contributed by atoms with van der Waals surface area (Å²) in [5.41, 5.74) is 6.95. The second kappa shape index (κ2) is 8.41. The Hall–Kier alpha value is -4.58. The van der Waals surface area contributed by atoms with Gasteiger partial charge >= 0.3 is 0 Å². The van der Waals surface area contributed by atoms with E-state index in [4.69, 9.17) is 0 Å². The van der Waals surface area contributed by atoms with Crippen LogP contribution in [-0.4, -0.2) is 25.8 Å². The van der Waals surface area contributed by atoms with Crippen LogP contribution in [0.4, 0.5) is 5.69 Å². The molecule has 0 spiro atoms. The summed E-state index contributed by atoms with van der Waals surface area (Å²) < 4.78 is 0. The number of nitrogens with one attached hydrogen (secondary N) is 2. The number of hydrogen-bond donors (Lipinski definition) is 2. The maximum absolute atomic E-state index is 13.5. The van der Waals surface area contributed by atoms with Crippen LogP contribution < -0.4 is 4.90 Å². The molecule has 3 aromatic carbocycles. The van der Waals surface area contributed by atoms with Gasteiger partial charge in [-0.25, -0.2) is 4.98 Å². The van der Waals surface area contributed by atoms with Crippen molar-refractivity contribution in [1.29, 1.82) is 0 Å². The summed E-state index contributed by atoms with van der Waals surface area (Å²) in [6.45, 7) is 1.10. The van der Waals surface area contributed by atoms with Gasteiger partial charge in [0.15, 0.2) is 0 Å². The lowest BCUT2D eigenvalue weighted by Crippen LogP contribution is -2.25. The lowest BCUT2D eigenvalue weighted by Gasteiger charge is -2.22. The van der Waals surface area contributed by atoms with Crippen molar-refractivity contribution in [3.8, 4) is 11.1 Å². The first-order valence-electron chi connectivity index (χ1n) is 11.2. The molecule has 0 radical (unpaired) electrons. The number of carbonyl (C=O) groups is 1. The highest BCUT2D eigenvalue weighted by molar-refractivity contribution is 5.98. The van der Waals surface area contributed by atoms with Crippen molar-refractivity contribution in [3.05, 3.63) is 121 Å². The van der Waals surface area contributed by atoms with Gasteiger partial charge in [-0.15, -0.1) is 0 Å². The van der Waals surface area contributed by atoms with Crippen LogP contribution in [0.25, 0.3) is 22.0 Å².